The van der Waals surface area contributed by atoms with Gasteiger partial charge in [-0.25, -0.2) is 9.98 Å². The van der Waals surface area contributed by atoms with Crippen LogP contribution in [0.4, 0.5) is 0 Å². The van der Waals surface area contributed by atoms with Gasteiger partial charge in [0.15, 0.2) is 6.17 Å². The molecule has 1 spiro atoms. The second-order valence-corrected chi connectivity index (χ2v) is 16.3. The van der Waals surface area contributed by atoms with Crippen molar-refractivity contribution in [3.8, 4) is 0 Å². The molecule has 6 aliphatic carbocycles. The molecule has 1 fully saturated rings. The zero-order chi connectivity index (χ0) is 34.2. The molecule has 0 aromatic heterocycles. The molecule has 1 N–H and O–H groups in total. The summed E-state index contributed by atoms with van der Waals surface area (Å²) >= 11 is 0. The van der Waals surface area contributed by atoms with E-state index in [1.807, 2.05) is 0 Å². The number of nitrogens with zero attached hydrogens (tertiary/aromatic N) is 2. The average Bonchev–Trinajstić information content (AvgIpc) is 3.58. The summed E-state index contributed by atoms with van der Waals surface area (Å²) in [5.41, 5.74) is 15.7. The van der Waals surface area contributed by atoms with Crippen LogP contribution in [-0.4, -0.2) is 17.8 Å². The summed E-state index contributed by atoms with van der Waals surface area (Å²) in [6, 6.07) is 27.3. The first-order valence-corrected chi connectivity index (χ1v) is 19.4. The summed E-state index contributed by atoms with van der Waals surface area (Å²) in [6.45, 7) is 4.94. The molecule has 1 saturated carbocycles. The highest BCUT2D eigenvalue weighted by Crippen LogP contribution is 2.63. The summed E-state index contributed by atoms with van der Waals surface area (Å²) in [7, 11) is 0. The van der Waals surface area contributed by atoms with Crippen LogP contribution in [0.5, 0.6) is 0 Å². The summed E-state index contributed by atoms with van der Waals surface area (Å²) in [4.78, 5) is 10.4. The van der Waals surface area contributed by atoms with Crippen LogP contribution in [0, 0.1) is 5.92 Å². The largest absolute Gasteiger partial charge is 0.325 e. The zero-order valence-corrected chi connectivity index (χ0v) is 30.0. The Bertz CT molecular complexity index is 2190. The average molecular weight is 666 g/mol. The molecule has 3 unspecified atom stereocenters. The van der Waals surface area contributed by atoms with Crippen molar-refractivity contribution in [2.45, 2.75) is 94.5 Å². The summed E-state index contributed by atoms with van der Waals surface area (Å²) < 4.78 is 0. The first-order valence-electron chi connectivity index (χ1n) is 19.4. The molecule has 1 heterocycles. The highest BCUT2D eigenvalue weighted by Gasteiger charge is 2.53. The fourth-order valence-electron chi connectivity index (χ4n) is 10.6. The van der Waals surface area contributed by atoms with Crippen LogP contribution in [0.25, 0.3) is 11.1 Å². The molecule has 0 amide bonds. The van der Waals surface area contributed by atoms with E-state index in [0.717, 1.165) is 42.9 Å². The minimum Gasteiger partial charge on any atom is -0.325 e. The maximum atomic E-state index is 5.23. The second kappa shape index (κ2) is 11.9. The van der Waals surface area contributed by atoms with E-state index in [-0.39, 0.29) is 11.6 Å². The maximum absolute atomic E-state index is 5.23. The lowest BCUT2D eigenvalue weighted by molar-refractivity contribution is 0.232. The van der Waals surface area contributed by atoms with E-state index in [4.69, 9.17) is 9.98 Å². The van der Waals surface area contributed by atoms with Gasteiger partial charge in [-0.15, -0.1) is 0 Å². The molecule has 3 heteroatoms. The van der Waals surface area contributed by atoms with E-state index in [0.29, 0.717) is 17.3 Å². The maximum Gasteiger partial charge on any atom is 0.169 e. The molecule has 0 radical (unpaired) electrons. The zero-order valence-electron chi connectivity index (χ0n) is 30.0. The lowest BCUT2D eigenvalue weighted by Crippen LogP contribution is -2.38. The number of allylic oxidation sites excluding steroid dienone is 9. The summed E-state index contributed by atoms with van der Waals surface area (Å²) in [6.07, 6.45) is 27.3. The number of aliphatic imine (C=N–C) groups is 2. The summed E-state index contributed by atoms with van der Waals surface area (Å²) in [5, 5.41) is 3.59. The van der Waals surface area contributed by atoms with Gasteiger partial charge in [0.1, 0.15) is 11.7 Å². The third-order valence-corrected chi connectivity index (χ3v) is 13.2. The Morgan fingerprint density at radius 2 is 1.55 bits per heavy atom. The topological polar surface area (TPSA) is 36.8 Å². The van der Waals surface area contributed by atoms with Crippen molar-refractivity contribution in [1.82, 2.24) is 5.32 Å². The molecule has 3 nitrogen and oxygen atoms in total. The van der Waals surface area contributed by atoms with Crippen molar-refractivity contribution >= 4 is 22.8 Å². The minimum absolute atomic E-state index is 0.0358. The van der Waals surface area contributed by atoms with Gasteiger partial charge in [-0.1, -0.05) is 142 Å². The molecular weight excluding hydrogens is 619 g/mol. The van der Waals surface area contributed by atoms with Crippen LogP contribution in [0.1, 0.15) is 111 Å². The first kappa shape index (κ1) is 31.0. The van der Waals surface area contributed by atoms with E-state index in [2.05, 4.69) is 134 Å². The van der Waals surface area contributed by atoms with E-state index < -0.39 is 0 Å². The Balaban J connectivity index is 1.01. The highest BCUT2D eigenvalue weighted by atomic mass is 15.2. The van der Waals surface area contributed by atoms with Crippen LogP contribution in [0.15, 0.2) is 142 Å². The van der Waals surface area contributed by atoms with Gasteiger partial charge in [0.05, 0.1) is 0 Å². The predicted octanol–water partition coefficient (Wildman–Crippen LogP) is 11.1. The molecule has 3 atom stereocenters. The molecule has 3 aromatic rings. The van der Waals surface area contributed by atoms with Crippen LogP contribution in [-0.2, 0) is 10.8 Å². The van der Waals surface area contributed by atoms with Crippen molar-refractivity contribution in [2.75, 3.05) is 0 Å². The fourth-order valence-corrected chi connectivity index (χ4v) is 10.6. The summed E-state index contributed by atoms with van der Waals surface area (Å²) in [5.74, 6) is 2.89. The molecule has 51 heavy (non-hydrogen) atoms. The predicted molar refractivity (Wildman–Crippen MR) is 212 cm³/mol. The van der Waals surface area contributed by atoms with Crippen LogP contribution in [0.2, 0.25) is 0 Å². The van der Waals surface area contributed by atoms with Gasteiger partial charge in [-0.3, -0.25) is 0 Å². The van der Waals surface area contributed by atoms with E-state index in [1.54, 1.807) is 16.7 Å². The Morgan fingerprint density at radius 1 is 0.745 bits per heavy atom. The van der Waals surface area contributed by atoms with E-state index in [9.17, 15) is 0 Å². The molecule has 254 valence electrons. The van der Waals surface area contributed by atoms with Crippen molar-refractivity contribution in [3.05, 3.63) is 165 Å². The van der Waals surface area contributed by atoms with Gasteiger partial charge in [0.2, 0.25) is 0 Å². The number of rotatable bonds is 4. The number of hydrogen-bond acceptors (Lipinski definition) is 3. The number of hydrogen-bond donors (Lipinski definition) is 1. The van der Waals surface area contributed by atoms with Crippen LogP contribution in [0.3, 0.4) is 0 Å². The third-order valence-electron chi connectivity index (χ3n) is 13.2. The minimum atomic E-state index is -0.267. The quantitative estimate of drug-likeness (QED) is 0.296. The molecule has 10 rings (SSSR count). The van der Waals surface area contributed by atoms with Crippen molar-refractivity contribution in [2.24, 2.45) is 15.9 Å². The van der Waals surface area contributed by atoms with Crippen molar-refractivity contribution in [3.63, 3.8) is 0 Å². The smallest absolute Gasteiger partial charge is 0.169 e. The fraction of sp³-hybridized carbons (Fsp3) is 0.333. The Labute approximate surface area is 303 Å². The Kier molecular flexibility index (Phi) is 7.24. The van der Waals surface area contributed by atoms with Crippen LogP contribution < -0.4 is 5.32 Å². The normalized spacial score (nSPS) is 26.5. The van der Waals surface area contributed by atoms with E-state index >= 15 is 0 Å². The van der Waals surface area contributed by atoms with Gasteiger partial charge in [0.25, 0.3) is 0 Å². The molecular formula is C48H47N3. The van der Waals surface area contributed by atoms with E-state index in [1.165, 1.54) is 71.1 Å². The van der Waals surface area contributed by atoms with Crippen LogP contribution >= 0.6 is 0 Å². The number of benzene rings is 3. The lowest BCUT2D eigenvalue weighted by Gasteiger charge is -2.42. The monoisotopic (exact) mass is 665 g/mol. The molecule has 7 aliphatic rings. The molecule has 0 saturated heterocycles. The first-order chi connectivity index (χ1) is 25.0. The van der Waals surface area contributed by atoms with Gasteiger partial charge < -0.3 is 5.32 Å². The highest BCUT2D eigenvalue weighted by molar-refractivity contribution is 6.16. The standard InChI is InChI=1S/C48H47N3/c1-47(2)41-28-34(23-24-37(41)38-29-39-36-21-10-11-22-40(36)48(25-12-5-13-26-48)43(39)30-42(38)47)33-19-14-20-35(27-33)46-50-44(31-15-6-3-7-16-31)49-45(51-46)32-17-8-4-9-18-32/h3-4,6-8,10-11,15-17,20-24,27-30,39,43,46H,5,9,12-14,18-19,25-26H2,1-2H3,(H,49,50,51). The van der Waals surface area contributed by atoms with Gasteiger partial charge in [-0.2, -0.15) is 0 Å². The SMILES string of the molecule is CC1(C)C2=CC3C(C=C2c2ccc(C4=CC(C5N=C(C6=CC=CCC6)NC(c6ccccc6)=N5)=CCC4)cc21)c1ccccc1C31CCCCC1. The van der Waals surface area contributed by atoms with Gasteiger partial charge in [0, 0.05) is 22.3 Å². The van der Waals surface area contributed by atoms with Crippen molar-refractivity contribution in [1.29, 1.82) is 0 Å². The third kappa shape index (κ3) is 4.91. The Hall–Kier alpha value is -4.76. The second-order valence-electron chi connectivity index (χ2n) is 16.3. The lowest BCUT2D eigenvalue weighted by atomic mass is 9.62. The molecule has 1 aliphatic heterocycles. The Morgan fingerprint density at radius 3 is 2.39 bits per heavy atom. The number of fused-ring (bicyclic) bond motifs is 8. The van der Waals surface area contributed by atoms with Crippen molar-refractivity contribution < 1.29 is 0 Å². The number of amidine groups is 2. The molecule has 3 aromatic carbocycles. The molecule has 0 bridgehead atoms. The van der Waals surface area contributed by atoms with Gasteiger partial charge >= 0.3 is 0 Å². The number of nitrogens with one attached hydrogen (secondary N) is 1. The van der Waals surface area contributed by atoms with Gasteiger partial charge in [-0.05, 0) is 106 Å².